The lowest BCUT2D eigenvalue weighted by molar-refractivity contribution is -0.151. The van der Waals surface area contributed by atoms with Crippen molar-refractivity contribution in [3.8, 4) is 0 Å². The number of hydrogen-bond donors (Lipinski definition) is 1. The van der Waals surface area contributed by atoms with Crippen LogP contribution in [0.1, 0.15) is 34.6 Å². The van der Waals surface area contributed by atoms with Gasteiger partial charge in [0.15, 0.2) is 0 Å². The van der Waals surface area contributed by atoms with Crippen molar-refractivity contribution in [3.05, 3.63) is 0 Å². The maximum absolute atomic E-state index is 12.9. The van der Waals surface area contributed by atoms with Crippen LogP contribution in [0.2, 0.25) is 0 Å². The van der Waals surface area contributed by atoms with Gasteiger partial charge in [-0.05, 0) is 34.6 Å². The van der Waals surface area contributed by atoms with E-state index in [2.05, 4.69) is 5.32 Å². The van der Waals surface area contributed by atoms with Crippen molar-refractivity contribution in [2.24, 2.45) is 0 Å². The summed E-state index contributed by atoms with van der Waals surface area (Å²) >= 11 is 0. The summed E-state index contributed by atoms with van der Waals surface area (Å²) in [5.41, 5.74) is 0. The quantitative estimate of drug-likeness (QED) is 0.544. The number of rotatable bonds is 0. The van der Waals surface area contributed by atoms with E-state index in [9.17, 15) is 24.0 Å². The molecule has 0 aromatic heterocycles. The standard InChI is InChI=1S/C19H33N5O5/c1-10-16(26)22(7)12(3)18(28)24(9)14(5)19(29)23(8)13(4)17(27)21(6)11(2)15(25)20-10/h10-14H,1-9H3,(H,20,25)/t10-,11+,12-,13-,14-/m0/s1. The maximum Gasteiger partial charge on any atom is 0.245 e. The van der Waals surface area contributed by atoms with E-state index in [1.54, 1.807) is 27.7 Å². The van der Waals surface area contributed by atoms with Gasteiger partial charge in [0, 0.05) is 28.2 Å². The van der Waals surface area contributed by atoms with Gasteiger partial charge in [-0.1, -0.05) is 0 Å². The highest BCUT2D eigenvalue weighted by Gasteiger charge is 2.37. The van der Waals surface area contributed by atoms with E-state index in [0.29, 0.717) is 0 Å². The first kappa shape index (κ1) is 24.4. The molecule has 0 radical (unpaired) electrons. The van der Waals surface area contributed by atoms with Gasteiger partial charge < -0.3 is 24.9 Å². The summed E-state index contributed by atoms with van der Waals surface area (Å²) in [6.07, 6.45) is 0. The Morgan fingerprint density at radius 1 is 0.517 bits per heavy atom. The van der Waals surface area contributed by atoms with Crippen molar-refractivity contribution in [3.63, 3.8) is 0 Å². The van der Waals surface area contributed by atoms with Crippen molar-refractivity contribution in [2.45, 2.75) is 64.8 Å². The van der Waals surface area contributed by atoms with Crippen molar-refractivity contribution in [2.75, 3.05) is 28.2 Å². The lowest BCUT2D eigenvalue weighted by Gasteiger charge is -2.35. The maximum atomic E-state index is 12.9. The van der Waals surface area contributed by atoms with Crippen LogP contribution in [0.5, 0.6) is 0 Å². The Hall–Kier alpha value is -2.65. The first-order valence-corrected chi connectivity index (χ1v) is 9.61. The third-order valence-corrected chi connectivity index (χ3v) is 5.90. The number of carbonyl (C=O) groups excluding carboxylic acids is 5. The second-order valence-corrected chi connectivity index (χ2v) is 7.73. The molecule has 0 aliphatic carbocycles. The highest BCUT2D eigenvalue weighted by molar-refractivity contribution is 5.97. The zero-order valence-electron chi connectivity index (χ0n) is 18.7. The molecule has 1 saturated heterocycles. The zero-order chi connectivity index (χ0) is 22.8. The molecule has 10 nitrogen and oxygen atoms in total. The fraction of sp³-hybridized carbons (Fsp3) is 0.737. The number of nitrogens with zero attached hydrogens (tertiary/aromatic N) is 4. The fourth-order valence-corrected chi connectivity index (χ4v) is 3.02. The second kappa shape index (κ2) is 9.23. The Labute approximate surface area is 172 Å². The molecule has 1 N–H and O–H groups in total. The lowest BCUT2D eigenvalue weighted by Crippen LogP contribution is -2.56. The van der Waals surface area contributed by atoms with Crippen molar-refractivity contribution >= 4 is 29.5 Å². The number of hydrogen-bond acceptors (Lipinski definition) is 5. The summed E-state index contributed by atoms with van der Waals surface area (Å²) in [7, 11) is 5.91. The lowest BCUT2D eigenvalue weighted by atomic mass is 10.1. The minimum absolute atomic E-state index is 0.420. The van der Waals surface area contributed by atoms with E-state index in [0.717, 1.165) is 0 Å². The van der Waals surface area contributed by atoms with Gasteiger partial charge in [-0.25, -0.2) is 0 Å². The molecule has 0 aromatic rings. The van der Waals surface area contributed by atoms with Gasteiger partial charge in [-0.15, -0.1) is 0 Å². The van der Waals surface area contributed by atoms with Gasteiger partial charge in [-0.3, -0.25) is 24.0 Å². The van der Waals surface area contributed by atoms with Gasteiger partial charge in [0.1, 0.15) is 30.2 Å². The van der Waals surface area contributed by atoms with Crippen molar-refractivity contribution in [1.29, 1.82) is 0 Å². The van der Waals surface area contributed by atoms with Crippen LogP contribution in [0.3, 0.4) is 0 Å². The van der Waals surface area contributed by atoms with Crippen LogP contribution in [0.15, 0.2) is 0 Å². The molecule has 0 unspecified atom stereocenters. The average molecular weight is 412 g/mol. The fourth-order valence-electron chi connectivity index (χ4n) is 3.02. The summed E-state index contributed by atoms with van der Waals surface area (Å²) < 4.78 is 0. The molecule has 10 heteroatoms. The monoisotopic (exact) mass is 411 g/mol. The highest BCUT2D eigenvalue weighted by Crippen LogP contribution is 2.12. The molecule has 1 fully saturated rings. The minimum atomic E-state index is -0.886. The largest absolute Gasteiger partial charge is 0.343 e. The van der Waals surface area contributed by atoms with Crippen molar-refractivity contribution < 1.29 is 24.0 Å². The van der Waals surface area contributed by atoms with Gasteiger partial charge >= 0.3 is 0 Å². The molecule has 0 spiro atoms. The van der Waals surface area contributed by atoms with Gasteiger partial charge in [0.2, 0.25) is 29.5 Å². The van der Waals surface area contributed by atoms with E-state index >= 15 is 0 Å². The topological polar surface area (TPSA) is 110 Å². The Morgan fingerprint density at radius 3 is 1.14 bits per heavy atom. The third-order valence-electron chi connectivity index (χ3n) is 5.90. The highest BCUT2D eigenvalue weighted by atomic mass is 16.2. The molecule has 1 rings (SSSR count). The van der Waals surface area contributed by atoms with Crippen LogP contribution in [-0.2, 0) is 24.0 Å². The second-order valence-electron chi connectivity index (χ2n) is 7.73. The number of carbonyl (C=O) groups is 5. The van der Waals surface area contributed by atoms with E-state index < -0.39 is 59.7 Å². The van der Waals surface area contributed by atoms with Crippen LogP contribution in [-0.4, -0.2) is 108 Å². The average Bonchev–Trinajstić information content (AvgIpc) is 2.71. The Balaban J connectivity index is 3.38. The molecule has 1 aliphatic rings. The van der Waals surface area contributed by atoms with Crippen LogP contribution in [0, 0.1) is 0 Å². The molecule has 0 bridgehead atoms. The van der Waals surface area contributed by atoms with E-state index in [1.807, 2.05) is 0 Å². The van der Waals surface area contributed by atoms with Crippen LogP contribution in [0.4, 0.5) is 0 Å². The van der Waals surface area contributed by atoms with Crippen LogP contribution in [0.25, 0.3) is 0 Å². The normalized spacial score (nSPS) is 31.6. The predicted molar refractivity (Wildman–Crippen MR) is 107 cm³/mol. The van der Waals surface area contributed by atoms with Gasteiger partial charge in [0.05, 0.1) is 0 Å². The molecule has 29 heavy (non-hydrogen) atoms. The molecule has 0 aromatic carbocycles. The molecule has 1 heterocycles. The summed E-state index contributed by atoms with van der Waals surface area (Å²) in [5, 5.41) is 2.59. The third kappa shape index (κ3) is 4.86. The molecule has 0 saturated carbocycles. The Bertz CT molecular complexity index is 696. The Kier molecular flexibility index (Phi) is 7.76. The summed E-state index contributed by atoms with van der Waals surface area (Å²) in [6, 6.07) is -4.24. The molecule has 5 amide bonds. The first-order chi connectivity index (χ1) is 13.2. The summed E-state index contributed by atoms with van der Waals surface area (Å²) in [4.78, 5) is 68.7. The number of nitrogens with one attached hydrogen (secondary N) is 1. The van der Waals surface area contributed by atoms with Crippen molar-refractivity contribution in [1.82, 2.24) is 24.9 Å². The molecule has 1 aliphatic heterocycles. The van der Waals surface area contributed by atoms with E-state index in [1.165, 1.54) is 54.7 Å². The van der Waals surface area contributed by atoms with Crippen LogP contribution >= 0.6 is 0 Å². The Morgan fingerprint density at radius 2 is 0.793 bits per heavy atom. The minimum Gasteiger partial charge on any atom is -0.343 e. The van der Waals surface area contributed by atoms with Gasteiger partial charge in [0.25, 0.3) is 0 Å². The SMILES string of the molecule is C[C@@H]1NC(=O)[C@@H](C)N(C)C(=O)[C@H](C)N(C)C(=O)[C@H](C)N(C)C(=O)[C@H](C)N(C)C1=O. The van der Waals surface area contributed by atoms with Crippen LogP contribution < -0.4 is 5.32 Å². The smallest absolute Gasteiger partial charge is 0.245 e. The molecular weight excluding hydrogens is 378 g/mol. The van der Waals surface area contributed by atoms with E-state index in [-0.39, 0.29) is 0 Å². The van der Waals surface area contributed by atoms with E-state index in [4.69, 9.17) is 0 Å². The molecule has 164 valence electrons. The number of likely N-dealkylation sites (N-methyl/N-ethyl adjacent to an activating group) is 4. The molecule has 5 atom stereocenters. The van der Waals surface area contributed by atoms with Gasteiger partial charge in [-0.2, -0.15) is 0 Å². The first-order valence-electron chi connectivity index (χ1n) is 9.61. The predicted octanol–water partition coefficient (Wildman–Crippen LogP) is -1.11. The number of amides is 5. The molecular formula is C19H33N5O5. The summed E-state index contributed by atoms with van der Waals surface area (Å²) in [5.74, 6) is -2.22. The summed E-state index contributed by atoms with van der Waals surface area (Å²) in [6.45, 7) is 7.76. The zero-order valence-corrected chi connectivity index (χ0v) is 18.7.